The van der Waals surface area contributed by atoms with E-state index in [1.807, 2.05) is 48.5 Å². The van der Waals surface area contributed by atoms with Crippen LogP contribution in [0.15, 0.2) is 77.5 Å². The quantitative estimate of drug-likeness (QED) is 0.212. The summed E-state index contributed by atoms with van der Waals surface area (Å²) in [5, 5.41) is 0. The third kappa shape index (κ3) is 4.46. The molecule has 0 aliphatic carbocycles. The normalized spacial score (nSPS) is 11.6. The highest BCUT2D eigenvalue weighted by Gasteiger charge is 2.20. The highest BCUT2D eigenvalue weighted by molar-refractivity contribution is 6.31. The van der Waals surface area contributed by atoms with Crippen LogP contribution in [-0.2, 0) is 0 Å². The van der Waals surface area contributed by atoms with Crippen molar-refractivity contribution in [3.05, 3.63) is 90.1 Å². The van der Waals surface area contributed by atoms with Crippen molar-refractivity contribution in [1.82, 2.24) is 9.97 Å². The zero-order valence-corrected chi connectivity index (χ0v) is 16.7. The number of rotatable bonds is 8. The highest BCUT2D eigenvalue weighted by Crippen LogP contribution is 2.26. The number of Topliss-reactive ketones (excluding diaryl/α,β-unsaturated/α-hetero) is 1. The molecule has 2 aromatic carbocycles. The summed E-state index contributed by atoms with van der Waals surface area (Å²) in [6.45, 7) is 2.79. The molecule has 150 valence electrons. The Bertz CT molecular complexity index is 1130. The molecule has 4 aromatic rings. The van der Waals surface area contributed by atoms with E-state index in [0.29, 0.717) is 34.7 Å². The van der Waals surface area contributed by atoms with E-state index in [9.17, 15) is 4.79 Å². The second kappa shape index (κ2) is 9.18. The van der Waals surface area contributed by atoms with E-state index in [-0.39, 0.29) is 5.78 Å². The Morgan fingerprint density at radius 3 is 2.53 bits per heavy atom. The van der Waals surface area contributed by atoms with E-state index in [0.717, 1.165) is 24.2 Å². The minimum absolute atomic E-state index is 0.168. The number of aromatic nitrogens is 2. The van der Waals surface area contributed by atoms with Crippen molar-refractivity contribution in [1.29, 1.82) is 0 Å². The number of hydrogen-bond acceptors (Lipinski definition) is 5. The molecule has 5 nitrogen and oxygen atoms in total. The molecular weight excluding hydrogens is 376 g/mol. The fourth-order valence-corrected chi connectivity index (χ4v) is 3.03. The number of allylic oxidation sites excluding steroid dienone is 1. The molecule has 0 fully saturated rings. The average molecular weight is 398 g/mol. The summed E-state index contributed by atoms with van der Waals surface area (Å²) in [6, 6.07) is 18.3. The number of unbranched alkanes of at least 4 members (excludes halogenated alkanes) is 1. The first-order chi connectivity index (χ1) is 14.7. The van der Waals surface area contributed by atoms with Gasteiger partial charge in [0, 0.05) is 18.0 Å². The number of carbonyl (C=O) groups is 1. The van der Waals surface area contributed by atoms with Crippen molar-refractivity contribution in [2.45, 2.75) is 19.8 Å². The third-order valence-corrected chi connectivity index (χ3v) is 4.67. The van der Waals surface area contributed by atoms with E-state index >= 15 is 0 Å². The first-order valence-electron chi connectivity index (χ1n) is 10.00. The van der Waals surface area contributed by atoms with Gasteiger partial charge in [0.25, 0.3) is 0 Å². The molecule has 0 unspecified atom stereocenters. The number of oxazole rings is 1. The van der Waals surface area contributed by atoms with E-state index < -0.39 is 0 Å². The van der Waals surface area contributed by atoms with Crippen LogP contribution in [0.25, 0.3) is 22.7 Å². The van der Waals surface area contributed by atoms with Crippen LogP contribution in [0.1, 0.15) is 41.6 Å². The fraction of sp³-hybridized carbons (Fsp3) is 0.160. The van der Waals surface area contributed by atoms with Gasteiger partial charge in [0.2, 0.25) is 5.89 Å². The highest BCUT2D eigenvalue weighted by atomic mass is 16.5. The molecule has 4 rings (SSSR count). The zero-order chi connectivity index (χ0) is 20.8. The van der Waals surface area contributed by atoms with Gasteiger partial charge in [-0.15, -0.1) is 0 Å². The summed E-state index contributed by atoms with van der Waals surface area (Å²) in [4.78, 5) is 21.9. The number of carbonyl (C=O) groups excluding carboxylic acids is 1. The Morgan fingerprint density at radius 2 is 1.80 bits per heavy atom. The van der Waals surface area contributed by atoms with Crippen LogP contribution in [0, 0.1) is 0 Å². The Kier molecular flexibility index (Phi) is 5.99. The second-order valence-corrected chi connectivity index (χ2v) is 6.88. The first-order valence-corrected chi connectivity index (χ1v) is 10.00. The van der Waals surface area contributed by atoms with Crippen LogP contribution >= 0.6 is 0 Å². The van der Waals surface area contributed by atoms with E-state index in [1.54, 1.807) is 30.6 Å². The number of ether oxygens (including phenoxy) is 1. The van der Waals surface area contributed by atoms with Gasteiger partial charge in [0.05, 0.1) is 12.2 Å². The molecule has 2 aromatic heterocycles. The third-order valence-electron chi connectivity index (χ3n) is 4.67. The topological polar surface area (TPSA) is 65.2 Å². The molecule has 0 saturated carbocycles. The van der Waals surface area contributed by atoms with Crippen molar-refractivity contribution in [3.8, 4) is 5.75 Å². The summed E-state index contributed by atoms with van der Waals surface area (Å²) in [5.41, 5.74) is 3.12. The lowest BCUT2D eigenvalue weighted by molar-refractivity contribution is 0.105. The molecule has 0 radical (unpaired) electrons. The van der Waals surface area contributed by atoms with Gasteiger partial charge in [-0.1, -0.05) is 25.5 Å². The SMILES string of the molecule is CCCCOc1ccc(C(=O)/C(=C/c2ccncc2)c2nc3ccccc3o2)cc1. The number of fused-ring (bicyclic) bond motifs is 1. The molecule has 0 N–H and O–H groups in total. The van der Waals surface area contributed by atoms with Gasteiger partial charge in [-0.05, 0) is 66.6 Å². The lowest BCUT2D eigenvalue weighted by Gasteiger charge is -2.07. The second-order valence-electron chi connectivity index (χ2n) is 6.88. The number of hydrogen-bond donors (Lipinski definition) is 0. The van der Waals surface area contributed by atoms with Gasteiger partial charge in [0.1, 0.15) is 11.3 Å². The zero-order valence-electron chi connectivity index (χ0n) is 16.7. The van der Waals surface area contributed by atoms with Crippen LogP contribution in [0.2, 0.25) is 0 Å². The summed E-state index contributed by atoms with van der Waals surface area (Å²) >= 11 is 0. The minimum Gasteiger partial charge on any atom is -0.494 e. The molecule has 0 bridgehead atoms. The number of ketones is 1. The molecule has 5 heteroatoms. The maximum atomic E-state index is 13.4. The van der Waals surface area contributed by atoms with Crippen LogP contribution in [0.4, 0.5) is 0 Å². The minimum atomic E-state index is -0.168. The Hall–Kier alpha value is -3.73. The number of pyridine rings is 1. The van der Waals surface area contributed by atoms with Crippen molar-refractivity contribution in [2.75, 3.05) is 6.61 Å². The Morgan fingerprint density at radius 1 is 1.03 bits per heavy atom. The van der Waals surface area contributed by atoms with Crippen molar-refractivity contribution in [2.24, 2.45) is 0 Å². The molecule has 0 atom stereocenters. The van der Waals surface area contributed by atoms with Crippen molar-refractivity contribution < 1.29 is 13.9 Å². The fourth-order valence-electron chi connectivity index (χ4n) is 3.03. The van der Waals surface area contributed by atoms with Crippen molar-refractivity contribution >= 4 is 28.5 Å². The number of para-hydroxylation sites is 2. The van der Waals surface area contributed by atoms with Crippen LogP contribution in [0.5, 0.6) is 5.75 Å². The molecule has 0 aliphatic rings. The van der Waals surface area contributed by atoms with Gasteiger partial charge in [-0.25, -0.2) is 4.98 Å². The Balaban J connectivity index is 1.68. The van der Waals surface area contributed by atoms with Crippen LogP contribution < -0.4 is 4.74 Å². The number of benzene rings is 2. The largest absolute Gasteiger partial charge is 0.494 e. The first kappa shape index (κ1) is 19.6. The van der Waals surface area contributed by atoms with Gasteiger partial charge in [-0.3, -0.25) is 9.78 Å². The summed E-state index contributed by atoms with van der Waals surface area (Å²) < 4.78 is 11.6. The predicted molar refractivity (Wildman–Crippen MR) is 117 cm³/mol. The predicted octanol–water partition coefficient (Wildman–Crippen LogP) is 5.83. The lowest BCUT2D eigenvalue weighted by Crippen LogP contribution is -2.04. The lowest BCUT2D eigenvalue weighted by atomic mass is 10.0. The van der Waals surface area contributed by atoms with E-state index in [4.69, 9.17) is 9.15 Å². The molecule has 0 saturated heterocycles. The van der Waals surface area contributed by atoms with Gasteiger partial charge in [0.15, 0.2) is 11.4 Å². The molecular formula is C25H22N2O3. The monoisotopic (exact) mass is 398 g/mol. The average Bonchev–Trinajstić information content (AvgIpc) is 3.22. The smallest absolute Gasteiger partial charge is 0.231 e. The maximum Gasteiger partial charge on any atom is 0.231 e. The van der Waals surface area contributed by atoms with E-state index in [2.05, 4.69) is 16.9 Å². The van der Waals surface area contributed by atoms with Gasteiger partial charge >= 0.3 is 0 Å². The Labute approximate surface area is 175 Å². The molecule has 0 amide bonds. The van der Waals surface area contributed by atoms with Gasteiger partial charge in [-0.2, -0.15) is 0 Å². The maximum absolute atomic E-state index is 13.4. The van der Waals surface area contributed by atoms with Crippen LogP contribution in [0.3, 0.4) is 0 Å². The molecule has 2 heterocycles. The van der Waals surface area contributed by atoms with Crippen molar-refractivity contribution in [3.63, 3.8) is 0 Å². The molecule has 0 spiro atoms. The summed E-state index contributed by atoms with van der Waals surface area (Å²) in [5.74, 6) is 0.876. The molecule has 30 heavy (non-hydrogen) atoms. The van der Waals surface area contributed by atoms with Gasteiger partial charge < -0.3 is 9.15 Å². The number of nitrogens with zero attached hydrogens (tertiary/aromatic N) is 2. The summed E-state index contributed by atoms with van der Waals surface area (Å²) in [7, 11) is 0. The molecule has 0 aliphatic heterocycles. The standard InChI is InChI=1S/C25H22N2O3/c1-2-3-16-29-20-10-8-19(9-11-20)24(28)21(17-18-12-14-26-15-13-18)25-27-22-6-4-5-7-23(22)30-25/h4-15,17H,2-3,16H2,1H3/b21-17-. The van der Waals surface area contributed by atoms with E-state index in [1.165, 1.54) is 0 Å². The van der Waals surface area contributed by atoms with Crippen LogP contribution in [-0.4, -0.2) is 22.4 Å². The summed E-state index contributed by atoms with van der Waals surface area (Å²) in [6.07, 6.45) is 7.21.